The van der Waals surface area contributed by atoms with E-state index in [1.165, 1.54) is 0 Å². The highest BCUT2D eigenvalue weighted by Crippen LogP contribution is 2.34. The Morgan fingerprint density at radius 3 is 2.57 bits per heavy atom. The van der Waals surface area contributed by atoms with E-state index < -0.39 is 6.30 Å². The number of H-pyrrole nitrogens is 1. The van der Waals surface area contributed by atoms with E-state index in [0.717, 1.165) is 51.8 Å². The number of aromatic amines is 1. The number of para-hydroxylation sites is 1. The first-order chi connectivity index (χ1) is 14.5. The van der Waals surface area contributed by atoms with Gasteiger partial charge in [-0.25, -0.2) is 4.39 Å². The van der Waals surface area contributed by atoms with Crippen LogP contribution in [0.15, 0.2) is 67.8 Å². The minimum Gasteiger partial charge on any atom is -0.354 e. The molecule has 0 aliphatic heterocycles. The van der Waals surface area contributed by atoms with Crippen molar-refractivity contribution in [3.05, 3.63) is 78.9 Å². The summed E-state index contributed by atoms with van der Waals surface area (Å²) in [6, 6.07) is 16.4. The first kappa shape index (κ1) is 22.0. The van der Waals surface area contributed by atoms with Crippen LogP contribution in [0.4, 0.5) is 4.39 Å². The van der Waals surface area contributed by atoms with Gasteiger partial charge in [-0.3, -0.25) is 5.32 Å². The van der Waals surface area contributed by atoms with E-state index in [1.807, 2.05) is 32.2 Å². The maximum Gasteiger partial charge on any atom is 0.151 e. The first-order valence-electron chi connectivity index (χ1n) is 10.6. The van der Waals surface area contributed by atoms with Crippen molar-refractivity contribution in [2.75, 3.05) is 13.6 Å². The summed E-state index contributed by atoms with van der Waals surface area (Å²) < 4.78 is 14.8. The molecule has 0 radical (unpaired) electrons. The molecule has 2 unspecified atom stereocenters. The van der Waals surface area contributed by atoms with Gasteiger partial charge in [-0.15, -0.1) is 6.58 Å². The van der Waals surface area contributed by atoms with Crippen molar-refractivity contribution in [3.63, 3.8) is 0 Å². The monoisotopic (exact) mass is 405 g/mol. The van der Waals surface area contributed by atoms with E-state index in [2.05, 4.69) is 59.1 Å². The lowest BCUT2D eigenvalue weighted by molar-refractivity contribution is 0.240. The topological polar surface area (TPSA) is 39.8 Å². The predicted octanol–water partition coefficient (Wildman–Crippen LogP) is 5.85. The van der Waals surface area contributed by atoms with E-state index in [-0.39, 0.29) is 6.04 Å². The second-order valence-corrected chi connectivity index (χ2v) is 7.76. The zero-order valence-electron chi connectivity index (χ0n) is 18.0. The fourth-order valence-corrected chi connectivity index (χ4v) is 3.90. The summed E-state index contributed by atoms with van der Waals surface area (Å²) in [6.45, 7) is 10.8. The molecule has 2 aromatic carbocycles. The first-order valence-corrected chi connectivity index (χ1v) is 10.6. The lowest BCUT2D eigenvalue weighted by Gasteiger charge is -2.18. The van der Waals surface area contributed by atoms with Gasteiger partial charge in [0.05, 0.1) is 5.52 Å². The molecule has 3 N–H and O–H groups in total. The van der Waals surface area contributed by atoms with Crippen molar-refractivity contribution in [2.24, 2.45) is 0 Å². The van der Waals surface area contributed by atoms with Gasteiger partial charge in [-0.1, -0.05) is 61.2 Å². The normalized spacial score (nSPS) is 13.3. The molecule has 0 bridgehead atoms. The average molecular weight is 406 g/mol. The van der Waals surface area contributed by atoms with Crippen molar-refractivity contribution in [1.29, 1.82) is 0 Å². The van der Waals surface area contributed by atoms with Crippen molar-refractivity contribution >= 4 is 16.5 Å². The SMILES string of the molecule is C=CC(CCNC)NC(F)CCc1c(-c2ccccc2)[nH]c2c(C(=C)C)cccc12. The fourth-order valence-electron chi connectivity index (χ4n) is 3.90. The van der Waals surface area contributed by atoms with Gasteiger partial charge in [0, 0.05) is 22.7 Å². The summed E-state index contributed by atoms with van der Waals surface area (Å²) in [4.78, 5) is 3.61. The largest absolute Gasteiger partial charge is 0.354 e. The summed E-state index contributed by atoms with van der Waals surface area (Å²) >= 11 is 0. The molecule has 1 heterocycles. The number of halogens is 1. The molecular formula is C26H32FN3. The Morgan fingerprint density at radius 2 is 1.90 bits per heavy atom. The minimum absolute atomic E-state index is 0.0426. The van der Waals surface area contributed by atoms with E-state index >= 15 is 0 Å². The zero-order chi connectivity index (χ0) is 21.5. The van der Waals surface area contributed by atoms with Crippen LogP contribution in [-0.4, -0.2) is 30.9 Å². The second-order valence-electron chi connectivity index (χ2n) is 7.76. The number of hydrogen-bond acceptors (Lipinski definition) is 2. The van der Waals surface area contributed by atoms with Gasteiger partial charge in [0.15, 0.2) is 6.30 Å². The van der Waals surface area contributed by atoms with Gasteiger partial charge in [-0.05, 0) is 56.5 Å². The van der Waals surface area contributed by atoms with Gasteiger partial charge in [-0.2, -0.15) is 0 Å². The van der Waals surface area contributed by atoms with Gasteiger partial charge in [0.1, 0.15) is 0 Å². The Hall–Kier alpha value is -2.69. The lowest BCUT2D eigenvalue weighted by Crippen LogP contribution is -2.36. The highest BCUT2D eigenvalue weighted by Gasteiger charge is 2.18. The van der Waals surface area contributed by atoms with Crippen molar-refractivity contribution in [3.8, 4) is 11.3 Å². The third-order valence-electron chi connectivity index (χ3n) is 5.50. The second kappa shape index (κ2) is 10.4. The molecule has 3 aromatic rings. The van der Waals surface area contributed by atoms with E-state index in [0.29, 0.717) is 12.8 Å². The van der Waals surface area contributed by atoms with Crippen LogP contribution in [0.25, 0.3) is 27.7 Å². The van der Waals surface area contributed by atoms with Gasteiger partial charge >= 0.3 is 0 Å². The molecule has 2 atom stereocenters. The lowest BCUT2D eigenvalue weighted by atomic mass is 9.98. The van der Waals surface area contributed by atoms with E-state index in [1.54, 1.807) is 6.08 Å². The fraction of sp³-hybridized carbons (Fsp3) is 0.308. The van der Waals surface area contributed by atoms with Crippen LogP contribution in [0, 0.1) is 0 Å². The molecule has 4 heteroatoms. The third-order valence-corrected chi connectivity index (χ3v) is 5.50. The Labute approximate surface area is 179 Å². The smallest absolute Gasteiger partial charge is 0.151 e. The number of nitrogens with one attached hydrogen (secondary N) is 3. The Kier molecular flexibility index (Phi) is 7.61. The van der Waals surface area contributed by atoms with Crippen LogP contribution in [0.2, 0.25) is 0 Å². The zero-order valence-corrected chi connectivity index (χ0v) is 18.0. The number of allylic oxidation sites excluding steroid dienone is 1. The van der Waals surface area contributed by atoms with Crippen LogP contribution in [0.3, 0.4) is 0 Å². The third kappa shape index (κ3) is 5.07. The van der Waals surface area contributed by atoms with Crippen LogP contribution < -0.4 is 10.6 Å². The highest BCUT2D eigenvalue weighted by molar-refractivity contribution is 5.97. The van der Waals surface area contributed by atoms with Crippen LogP contribution in [0.1, 0.15) is 30.9 Å². The van der Waals surface area contributed by atoms with Crippen molar-refractivity contribution in [1.82, 2.24) is 15.6 Å². The summed E-state index contributed by atoms with van der Waals surface area (Å²) in [7, 11) is 1.90. The number of aromatic nitrogens is 1. The van der Waals surface area contributed by atoms with Crippen LogP contribution >= 0.6 is 0 Å². The molecule has 0 amide bonds. The molecule has 30 heavy (non-hydrogen) atoms. The molecule has 0 spiro atoms. The van der Waals surface area contributed by atoms with Crippen LogP contribution in [0.5, 0.6) is 0 Å². The number of alkyl halides is 1. The molecule has 3 rings (SSSR count). The average Bonchev–Trinajstić information content (AvgIpc) is 3.14. The van der Waals surface area contributed by atoms with Gasteiger partial charge in [0.2, 0.25) is 0 Å². The molecule has 0 saturated carbocycles. The summed E-state index contributed by atoms with van der Waals surface area (Å²) in [5.74, 6) is 0. The van der Waals surface area contributed by atoms with E-state index in [4.69, 9.17) is 0 Å². The molecule has 0 aliphatic rings. The maximum atomic E-state index is 14.8. The highest BCUT2D eigenvalue weighted by atomic mass is 19.1. The Bertz CT molecular complexity index is 990. The van der Waals surface area contributed by atoms with Gasteiger partial charge < -0.3 is 10.3 Å². The van der Waals surface area contributed by atoms with Crippen molar-refractivity contribution < 1.29 is 4.39 Å². The van der Waals surface area contributed by atoms with Gasteiger partial charge in [0.25, 0.3) is 0 Å². The molecule has 0 aliphatic carbocycles. The molecule has 158 valence electrons. The standard InChI is InChI=1S/C26H32FN3/c1-5-20(16-17-28-4)29-24(27)15-14-23-22-13-9-12-21(18(2)3)26(22)30-25(23)19-10-7-6-8-11-19/h5-13,20,24,28-30H,1-2,14-17H2,3-4H3. The number of benzene rings is 2. The van der Waals surface area contributed by atoms with E-state index in [9.17, 15) is 4.39 Å². The summed E-state index contributed by atoms with van der Waals surface area (Å²) in [5, 5.41) is 7.29. The minimum atomic E-state index is -1.09. The number of fused-ring (bicyclic) bond motifs is 1. The number of hydrogen-bond donors (Lipinski definition) is 3. The molecule has 0 saturated heterocycles. The van der Waals surface area contributed by atoms with Crippen molar-refractivity contribution in [2.45, 2.75) is 38.5 Å². The predicted molar refractivity (Wildman–Crippen MR) is 127 cm³/mol. The number of rotatable bonds is 11. The molecule has 3 nitrogen and oxygen atoms in total. The molecule has 0 fully saturated rings. The van der Waals surface area contributed by atoms with Crippen LogP contribution in [-0.2, 0) is 6.42 Å². The number of aryl methyl sites for hydroxylation is 1. The Balaban J connectivity index is 1.89. The maximum absolute atomic E-state index is 14.8. The summed E-state index contributed by atoms with van der Waals surface area (Å²) in [6.07, 6.45) is 2.53. The summed E-state index contributed by atoms with van der Waals surface area (Å²) in [5.41, 5.74) is 6.50. The Morgan fingerprint density at radius 1 is 1.13 bits per heavy atom. The molecule has 1 aromatic heterocycles. The molecular weight excluding hydrogens is 373 g/mol. The quantitative estimate of drug-likeness (QED) is 0.277.